The Kier molecular flexibility index (Phi) is 6.97. The molecule has 0 bridgehead atoms. The van der Waals surface area contributed by atoms with Crippen molar-refractivity contribution < 1.29 is 4.42 Å². The summed E-state index contributed by atoms with van der Waals surface area (Å²) in [6.07, 6.45) is 0. The number of aromatic nitrogens is 4. The number of hydrogen-bond donors (Lipinski definition) is 0. The van der Waals surface area contributed by atoms with Gasteiger partial charge >= 0.3 is 0 Å². The second kappa shape index (κ2) is 12.3. The minimum atomic E-state index is 0.552. The molecule has 252 valence electrons. The first kappa shape index (κ1) is 30.6. The Hall–Kier alpha value is -7.02. The van der Waals surface area contributed by atoms with E-state index in [1.54, 1.807) is 11.3 Å². The highest BCUT2D eigenvalue weighted by Gasteiger charge is 2.19. The summed E-state index contributed by atoms with van der Waals surface area (Å²) in [5.74, 6) is 1.75. The molecule has 8 aromatic carbocycles. The van der Waals surface area contributed by atoms with Gasteiger partial charge in [0, 0.05) is 33.5 Å². The van der Waals surface area contributed by atoms with Crippen molar-refractivity contribution in [2.24, 2.45) is 0 Å². The molecule has 0 fully saturated rings. The maximum absolute atomic E-state index is 6.71. The summed E-state index contributed by atoms with van der Waals surface area (Å²) >= 11 is 1.70. The summed E-state index contributed by atoms with van der Waals surface area (Å²) in [5.41, 5.74) is 8.40. The lowest BCUT2D eigenvalue weighted by molar-refractivity contribution is 0.670. The maximum atomic E-state index is 6.71. The Morgan fingerprint density at radius 3 is 1.78 bits per heavy atom. The zero-order chi connectivity index (χ0) is 35.6. The van der Waals surface area contributed by atoms with Crippen LogP contribution < -0.4 is 0 Å². The highest BCUT2D eigenvalue weighted by molar-refractivity contribution is 7.21. The monoisotopic (exact) mass is 708 g/mol. The van der Waals surface area contributed by atoms with Crippen LogP contribution in [0.5, 0.6) is 0 Å². The zero-order valence-electron chi connectivity index (χ0n) is 28.8. The highest BCUT2D eigenvalue weighted by Crippen LogP contribution is 2.40. The third kappa shape index (κ3) is 5.23. The van der Waals surface area contributed by atoms with Gasteiger partial charge in [0.2, 0.25) is 0 Å². The van der Waals surface area contributed by atoms with E-state index in [1.165, 1.54) is 10.8 Å². The maximum Gasteiger partial charge on any atom is 0.167 e. The van der Waals surface area contributed by atoms with Crippen molar-refractivity contribution in [1.29, 1.82) is 0 Å². The molecule has 11 aromatic rings. The Labute approximate surface area is 313 Å². The fourth-order valence-corrected chi connectivity index (χ4v) is 8.38. The second-order valence-corrected chi connectivity index (χ2v) is 14.5. The minimum absolute atomic E-state index is 0.552. The Bertz CT molecular complexity index is 3240. The molecule has 0 saturated carbocycles. The lowest BCUT2D eigenvalue weighted by atomic mass is 10.0. The summed E-state index contributed by atoms with van der Waals surface area (Å²) in [7, 11) is 0. The van der Waals surface area contributed by atoms with Gasteiger partial charge in [-0.1, -0.05) is 133 Å². The van der Waals surface area contributed by atoms with Gasteiger partial charge in [-0.2, -0.15) is 0 Å². The van der Waals surface area contributed by atoms with Crippen LogP contribution in [-0.4, -0.2) is 19.9 Å². The van der Waals surface area contributed by atoms with Crippen LogP contribution in [0.2, 0.25) is 0 Å². The quantitative estimate of drug-likeness (QED) is 0.178. The molecule has 6 heteroatoms. The molecule has 0 atom stereocenters. The van der Waals surface area contributed by atoms with Gasteiger partial charge in [-0.05, 0) is 63.0 Å². The molecule has 0 aliphatic rings. The van der Waals surface area contributed by atoms with Gasteiger partial charge in [0.25, 0.3) is 0 Å². The van der Waals surface area contributed by atoms with E-state index in [2.05, 4.69) is 158 Å². The van der Waals surface area contributed by atoms with Gasteiger partial charge in [-0.25, -0.2) is 19.9 Å². The van der Waals surface area contributed by atoms with Crippen molar-refractivity contribution in [3.63, 3.8) is 0 Å². The van der Waals surface area contributed by atoms with Gasteiger partial charge in [0.15, 0.2) is 17.5 Å². The first-order valence-corrected chi connectivity index (χ1v) is 18.7. The first-order valence-electron chi connectivity index (χ1n) is 17.9. The van der Waals surface area contributed by atoms with Crippen LogP contribution in [0, 0.1) is 0 Å². The average molecular weight is 709 g/mol. The summed E-state index contributed by atoms with van der Waals surface area (Å²) in [6, 6.07) is 58.8. The SMILES string of the molecule is c1ccc(-c2cccc(-c3nc(-c4ccc5ccccc5c4)nc(-c4cccc5c4oc4cc6nc(-c7ccc8ccccc8c7)sc6cc45)n3)c2)cc1. The topological polar surface area (TPSA) is 64.7 Å². The van der Waals surface area contributed by atoms with Crippen molar-refractivity contribution in [3.8, 4) is 55.9 Å². The van der Waals surface area contributed by atoms with Crippen LogP contribution in [0.3, 0.4) is 0 Å². The molecule has 0 aliphatic heterocycles. The van der Waals surface area contributed by atoms with E-state index in [-0.39, 0.29) is 0 Å². The Morgan fingerprint density at radius 1 is 0.389 bits per heavy atom. The number of para-hydroxylation sites is 1. The van der Waals surface area contributed by atoms with Gasteiger partial charge in [-0.15, -0.1) is 11.3 Å². The zero-order valence-corrected chi connectivity index (χ0v) is 29.6. The molecule has 0 radical (unpaired) electrons. The van der Waals surface area contributed by atoms with Crippen molar-refractivity contribution in [3.05, 3.63) is 170 Å². The van der Waals surface area contributed by atoms with E-state index in [4.69, 9.17) is 24.4 Å². The van der Waals surface area contributed by atoms with Gasteiger partial charge < -0.3 is 4.42 Å². The van der Waals surface area contributed by atoms with E-state index in [0.29, 0.717) is 17.5 Å². The molecule has 0 N–H and O–H groups in total. The fraction of sp³-hybridized carbons (Fsp3) is 0. The fourth-order valence-electron chi connectivity index (χ4n) is 7.39. The molecular weight excluding hydrogens is 681 g/mol. The van der Waals surface area contributed by atoms with E-state index < -0.39 is 0 Å². The van der Waals surface area contributed by atoms with Crippen molar-refractivity contribution in [2.45, 2.75) is 0 Å². The van der Waals surface area contributed by atoms with E-state index in [1.807, 2.05) is 12.1 Å². The predicted octanol–water partition coefficient (Wildman–Crippen LogP) is 13.0. The van der Waals surface area contributed by atoms with Crippen molar-refractivity contribution >= 4 is 65.0 Å². The van der Waals surface area contributed by atoms with Gasteiger partial charge in [0.1, 0.15) is 16.2 Å². The van der Waals surface area contributed by atoms with E-state index in [0.717, 1.165) is 81.3 Å². The average Bonchev–Trinajstić information content (AvgIpc) is 3.83. The Morgan fingerprint density at radius 2 is 1.00 bits per heavy atom. The number of rotatable bonds is 5. The second-order valence-electron chi connectivity index (χ2n) is 13.5. The van der Waals surface area contributed by atoms with Crippen LogP contribution in [0.25, 0.3) is 110 Å². The van der Waals surface area contributed by atoms with Crippen LogP contribution in [0.4, 0.5) is 0 Å². The number of furan rings is 1. The van der Waals surface area contributed by atoms with E-state index >= 15 is 0 Å². The number of fused-ring (bicyclic) bond motifs is 6. The van der Waals surface area contributed by atoms with Crippen LogP contribution in [-0.2, 0) is 0 Å². The summed E-state index contributed by atoms with van der Waals surface area (Å²) in [6.45, 7) is 0. The molecule has 3 heterocycles. The molecule has 0 aliphatic carbocycles. The summed E-state index contributed by atoms with van der Waals surface area (Å²) in [5, 5.41) is 7.74. The summed E-state index contributed by atoms with van der Waals surface area (Å²) < 4.78 is 7.82. The number of benzene rings is 8. The molecule has 11 rings (SSSR count). The molecule has 0 unspecified atom stereocenters. The lowest BCUT2D eigenvalue weighted by Crippen LogP contribution is -2.00. The molecule has 3 aromatic heterocycles. The van der Waals surface area contributed by atoms with Gasteiger partial charge in [0.05, 0.1) is 15.8 Å². The van der Waals surface area contributed by atoms with Crippen LogP contribution >= 0.6 is 11.3 Å². The van der Waals surface area contributed by atoms with Crippen molar-refractivity contribution in [1.82, 2.24) is 19.9 Å². The molecule has 0 amide bonds. The van der Waals surface area contributed by atoms with Crippen molar-refractivity contribution in [2.75, 3.05) is 0 Å². The standard InChI is InChI=1S/C48H28N4OS/c1-2-10-29(11-3-1)34-16-8-17-35(24-34)45-50-46(36-22-20-30-12-4-6-14-32(30)25-36)52-47(51-45)39-19-9-18-38-40-27-43-41(28-42(40)53-44(38)39)49-48(54-43)37-23-21-31-13-5-7-15-33(31)26-37/h1-28H. The number of thiazole rings is 1. The largest absolute Gasteiger partial charge is 0.455 e. The molecule has 54 heavy (non-hydrogen) atoms. The van der Waals surface area contributed by atoms with Crippen LogP contribution in [0.1, 0.15) is 0 Å². The first-order chi connectivity index (χ1) is 26.7. The molecule has 0 saturated heterocycles. The third-order valence-electron chi connectivity index (χ3n) is 10.1. The number of hydrogen-bond acceptors (Lipinski definition) is 6. The Balaban J connectivity index is 1.07. The predicted molar refractivity (Wildman–Crippen MR) is 222 cm³/mol. The van der Waals surface area contributed by atoms with Crippen LogP contribution in [0.15, 0.2) is 174 Å². The molecular formula is C48H28N4OS. The number of nitrogens with zero attached hydrogens (tertiary/aromatic N) is 4. The highest BCUT2D eigenvalue weighted by atomic mass is 32.1. The minimum Gasteiger partial charge on any atom is -0.455 e. The smallest absolute Gasteiger partial charge is 0.167 e. The normalized spacial score (nSPS) is 11.7. The summed E-state index contributed by atoms with van der Waals surface area (Å²) in [4.78, 5) is 20.4. The molecule has 5 nitrogen and oxygen atoms in total. The van der Waals surface area contributed by atoms with E-state index in [9.17, 15) is 0 Å². The van der Waals surface area contributed by atoms with Gasteiger partial charge in [-0.3, -0.25) is 0 Å². The lowest BCUT2D eigenvalue weighted by Gasteiger charge is -2.10. The third-order valence-corrected chi connectivity index (χ3v) is 11.2. The molecule has 0 spiro atoms.